The summed E-state index contributed by atoms with van der Waals surface area (Å²) in [5.41, 5.74) is 5.65. The predicted molar refractivity (Wildman–Crippen MR) is 89.0 cm³/mol. The zero-order valence-corrected chi connectivity index (χ0v) is 14.6. The molecule has 2 rings (SSSR count). The third kappa shape index (κ3) is 3.11. The molecule has 4 N–H and O–H groups in total. The Morgan fingerprint density at radius 3 is 2.74 bits per heavy atom. The second-order valence-electron chi connectivity index (χ2n) is 5.47. The SMILES string of the molecule is C=CC(=O)N1C[C@@H](n2nc(Br)c(C(N)=O)c2NC)C[C@@H]1C(C)O. The Bertz CT molecular complexity index is 643. The summed E-state index contributed by atoms with van der Waals surface area (Å²) in [5.74, 6) is -0.367. The first kappa shape index (κ1) is 17.5. The Labute approximate surface area is 142 Å². The molecule has 8 nitrogen and oxygen atoms in total. The quantitative estimate of drug-likeness (QED) is 0.638. The van der Waals surface area contributed by atoms with Crippen molar-refractivity contribution in [2.45, 2.75) is 31.5 Å². The third-order valence-corrected chi connectivity index (χ3v) is 4.59. The van der Waals surface area contributed by atoms with Gasteiger partial charge in [0.15, 0.2) is 0 Å². The molecule has 2 heterocycles. The highest BCUT2D eigenvalue weighted by atomic mass is 79.9. The average Bonchev–Trinajstić information content (AvgIpc) is 3.07. The predicted octanol–water partition coefficient (Wildman–Crippen LogP) is 0.495. The number of carbonyl (C=O) groups excluding carboxylic acids is 2. The molecule has 0 saturated carbocycles. The molecular weight excluding hydrogens is 366 g/mol. The lowest BCUT2D eigenvalue weighted by Gasteiger charge is -2.25. The van der Waals surface area contributed by atoms with Crippen LogP contribution in [0.2, 0.25) is 0 Å². The molecule has 1 saturated heterocycles. The Morgan fingerprint density at radius 2 is 2.26 bits per heavy atom. The summed E-state index contributed by atoms with van der Waals surface area (Å²) < 4.78 is 1.98. The van der Waals surface area contributed by atoms with Crippen LogP contribution in [0, 0.1) is 0 Å². The Kier molecular flexibility index (Phi) is 5.10. The largest absolute Gasteiger partial charge is 0.391 e. The summed E-state index contributed by atoms with van der Waals surface area (Å²) in [4.78, 5) is 25.2. The topological polar surface area (TPSA) is 113 Å². The second-order valence-corrected chi connectivity index (χ2v) is 6.22. The van der Waals surface area contributed by atoms with Crippen LogP contribution in [0.4, 0.5) is 5.82 Å². The fourth-order valence-electron chi connectivity index (χ4n) is 2.98. The molecule has 23 heavy (non-hydrogen) atoms. The lowest BCUT2D eigenvalue weighted by Crippen LogP contribution is -2.40. The maximum Gasteiger partial charge on any atom is 0.255 e. The van der Waals surface area contributed by atoms with E-state index in [2.05, 4.69) is 32.9 Å². The smallest absolute Gasteiger partial charge is 0.255 e. The normalized spacial score (nSPS) is 22.0. The standard InChI is InChI=1S/C14H20BrN5O3/c1-4-10(22)19-6-8(5-9(19)7(2)21)20-14(17-3)11(13(16)23)12(15)18-20/h4,7-9,17,21H,1,5-6H2,2-3H3,(H2,16,23)/t7?,8-,9+/m0/s1. The van der Waals surface area contributed by atoms with Crippen LogP contribution in [0.3, 0.4) is 0 Å². The second kappa shape index (κ2) is 6.71. The van der Waals surface area contributed by atoms with Crippen molar-refractivity contribution in [2.24, 2.45) is 5.73 Å². The van der Waals surface area contributed by atoms with Gasteiger partial charge in [0.25, 0.3) is 5.91 Å². The molecule has 9 heteroatoms. The number of nitrogens with two attached hydrogens (primary N) is 1. The van der Waals surface area contributed by atoms with Crippen molar-refractivity contribution in [3.8, 4) is 0 Å². The van der Waals surface area contributed by atoms with E-state index in [-0.39, 0.29) is 23.6 Å². The van der Waals surface area contributed by atoms with E-state index in [4.69, 9.17) is 5.73 Å². The van der Waals surface area contributed by atoms with E-state index >= 15 is 0 Å². The van der Waals surface area contributed by atoms with Crippen LogP contribution >= 0.6 is 15.9 Å². The number of halogens is 1. The van der Waals surface area contributed by atoms with Crippen LogP contribution in [0.5, 0.6) is 0 Å². The number of nitrogens with one attached hydrogen (secondary N) is 1. The summed E-state index contributed by atoms with van der Waals surface area (Å²) >= 11 is 3.24. The Balaban J connectivity index is 2.40. The monoisotopic (exact) mass is 385 g/mol. The molecule has 0 spiro atoms. The molecular formula is C14H20BrN5O3. The fraction of sp³-hybridized carbons (Fsp3) is 0.500. The number of nitrogens with zero attached hydrogens (tertiary/aromatic N) is 3. The number of aromatic nitrogens is 2. The van der Waals surface area contributed by atoms with Gasteiger partial charge in [0.05, 0.1) is 18.2 Å². The van der Waals surface area contributed by atoms with Gasteiger partial charge in [0.2, 0.25) is 5.91 Å². The van der Waals surface area contributed by atoms with E-state index in [0.29, 0.717) is 23.4 Å². The van der Waals surface area contributed by atoms with E-state index in [1.165, 1.54) is 6.08 Å². The van der Waals surface area contributed by atoms with Crippen molar-refractivity contribution in [3.05, 3.63) is 22.8 Å². The number of aliphatic hydroxyl groups is 1. The summed E-state index contributed by atoms with van der Waals surface area (Å²) in [6.07, 6.45) is 1.06. The number of anilines is 1. The van der Waals surface area contributed by atoms with Gasteiger partial charge in [-0.05, 0) is 35.4 Å². The zero-order valence-electron chi connectivity index (χ0n) is 13.0. The van der Waals surface area contributed by atoms with Crippen LogP contribution in [0.25, 0.3) is 0 Å². The molecule has 126 valence electrons. The lowest BCUT2D eigenvalue weighted by molar-refractivity contribution is -0.128. The van der Waals surface area contributed by atoms with Crippen LogP contribution in [0.15, 0.2) is 17.3 Å². The highest BCUT2D eigenvalue weighted by molar-refractivity contribution is 9.10. The van der Waals surface area contributed by atoms with Gasteiger partial charge in [-0.15, -0.1) is 0 Å². The van der Waals surface area contributed by atoms with Gasteiger partial charge >= 0.3 is 0 Å². The number of rotatable bonds is 5. The number of carbonyl (C=O) groups is 2. The van der Waals surface area contributed by atoms with Gasteiger partial charge in [0.1, 0.15) is 16.0 Å². The molecule has 1 unspecified atom stereocenters. The van der Waals surface area contributed by atoms with Gasteiger partial charge in [-0.1, -0.05) is 6.58 Å². The minimum atomic E-state index is -0.684. The molecule has 1 aliphatic rings. The van der Waals surface area contributed by atoms with Crippen molar-refractivity contribution in [1.29, 1.82) is 0 Å². The Morgan fingerprint density at radius 1 is 1.61 bits per heavy atom. The summed E-state index contributed by atoms with van der Waals surface area (Å²) in [7, 11) is 1.67. The molecule has 1 aromatic rings. The van der Waals surface area contributed by atoms with Crippen molar-refractivity contribution in [3.63, 3.8) is 0 Å². The summed E-state index contributed by atoms with van der Waals surface area (Å²) in [5, 5.41) is 17.2. The molecule has 0 aromatic carbocycles. The van der Waals surface area contributed by atoms with E-state index in [1.807, 2.05) is 0 Å². The molecule has 1 fully saturated rings. The minimum Gasteiger partial charge on any atom is -0.391 e. The zero-order chi connectivity index (χ0) is 17.3. The molecule has 0 bridgehead atoms. The van der Waals surface area contributed by atoms with Gasteiger partial charge in [-0.2, -0.15) is 5.10 Å². The number of hydrogen-bond acceptors (Lipinski definition) is 5. The first-order valence-electron chi connectivity index (χ1n) is 7.18. The van der Waals surface area contributed by atoms with Crippen molar-refractivity contribution in [1.82, 2.24) is 14.7 Å². The van der Waals surface area contributed by atoms with Crippen LogP contribution < -0.4 is 11.1 Å². The first-order chi connectivity index (χ1) is 10.8. The lowest BCUT2D eigenvalue weighted by atomic mass is 10.1. The summed E-state index contributed by atoms with van der Waals surface area (Å²) in [6, 6.07) is -0.527. The highest BCUT2D eigenvalue weighted by Crippen LogP contribution is 2.34. The maximum absolute atomic E-state index is 12.0. The van der Waals surface area contributed by atoms with Crippen molar-refractivity contribution >= 4 is 33.6 Å². The third-order valence-electron chi connectivity index (χ3n) is 4.03. The van der Waals surface area contributed by atoms with Crippen molar-refractivity contribution in [2.75, 3.05) is 18.9 Å². The highest BCUT2D eigenvalue weighted by Gasteiger charge is 2.39. The number of amides is 2. The number of hydrogen-bond donors (Lipinski definition) is 3. The summed E-state index contributed by atoms with van der Waals surface area (Å²) in [6.45, 7) is 5.50. The average molecular weight is 386 g/mol. The molecule has 0 radical (unpaired) electrons. The minimum absolute atomic E-state index is 0.189. The molecule has 2 amide bonds. The van der Waals surface area contributed by atoms with Crippen LogP contribution in [0.1, 0.15) is 29.7 Å². The maximum atomic E-state index is 12.0. The molecule has 3 atom stereocenters. The van der Waals surface area contributed by atoms with Crippen LogP contribution in [-0.4, -0.2) is 57.3 Å². The van der Waals surface area contributed by atoms with Gasteiger partial charge < -0.3 is 21.1 Å². The Hall–Kier alpha value is -1.87. The molecule has 0 aliphatic carbocycles. The molecule has 1 aromatic heterocycles. The van der Waals surface area contributed by atoms with E-state index in [0.717, 1.165) is 0 Å². The van der Waals surface area contributed by atoms with E-state index < -0.39 is 12.0 Å². The first-order valence-corrected chi connectivity index (χ1v) is 7.97. The van der Waals surface area contributed by atoms with Gasteiger partial charge in [-0.3, -0.25) is 9.59 Å². The van der Waals surface area contributed by atoms with E-state index in [1.54, 1.807) is 23.6 Å². The number of primary amides is 1. The van der Waals surface area contributed by atoms with Crippen molar-refractivity contribution < 1.29 is 14.7 Å². The van der Waals surface area contributed by atoms with Gasteiger partial charge in [0, 0.05) is 13.6 Å². The number of aliphatic hydroxyl groups excluding tert-OH is 1. The molecule has 1 aliphatic heterocycles. The van der Waals surface area contributed by atoms with Crippen LogP contribution in [-0.2, 0) is 4.79 Å². The van der Waals surface area contributed by atoms with Gasteiger partial charge in [-0.25, -0.2) is 4.68 Å². The number of likely N-dealkylation sites (tertiary alicyclic amines) is 1. The fourth-order valence-corrected chi connectivity index (χ4v) is 3.53. The van der Waals surface area contributed by atoms with E-state index in [9.17, 15) is 14.7 Å².